The van der Waals surface area contributed by atoms with Crippen LogP contribution in [-0.4, -0.2) is 56.8 Å². The number of halogens is 1. The number of rotatable bonds is 5. The molecule has 1 fully saturated rings. The molecule has 37 heavy (non-hydrogen) atoms. The van der Waals surface area contributed by atoms with Gasteiger partial charge in [-0.15, -0.1) is 5.10 Å². The molecule has 0 radical (unpaired) electrons. The molecular formula is C27H27FN6O2S. The standard InChI is InChI=1S/C27H27FN6O2S/c1-18-12-26-20(16-29-34(26)22-7-5-21(28)6-8-22)14-23(18)27(10-11-33(17-27)37(3,35)36)15-19-4-9-25-24(13-19)30-31-32(25)2/h4-9,12-14,16H,10-11,15,17H2,1-3H3. The van der Waals surface area contributed by atoms with E-state index in [4.69, 9.17) is 0 Å². The highest BCUT2D eigenvalue weighted by Crippen LogP contribution is 2.42. The topological polar surface area (TPSA) is 85.9 Å². The van der Waals surface area contributed by atoms with Gasteiger partial charge in [0.15, 0.2) is 0 Å². The van der Waals surface area contributed by atoms with Gasteiger partial charge < -0.3 is 0 Å². The second-order valence-electron chi connectivity index (χ2n) is 10.1. The van der Waals surface area contributed by atoms with E-state index in [1.807, 2.05) is 25.4 Å². The number of sulfonamides is 1. The van der Waals surface area contributed by atoms with E-state index in [0.717, 1.165) is 44.3 Å². The van der Waals surface area contributed by atoms with Crippen LogP contribution in [0.25, 0.3) is 27.6 Å². The average molecular weight is 519 g/mol. The molecule has 1 aliphatic heterocycles. The van der Waals surface area contributed by atoms with Gasteiger partial charge in [-0.3, -0.25) is 0 Å². The SMILES string of the molecule is Cc1cc2c(cnn2-c2ccc(F)cc2)cc1C1(Cc2ccc3c(c2)nnn3C)CCN(S(C)(=O)=O)C1. The summed E-state index contributed by atoms with van der Waals surface area (Å²) in [7, 11) is -1.47. The minimum atomic E-state index is -3.34. The lowest BCUT2D eigenvalue weighted by molar-refractivity contribution is 0.416. The lowest BCUT2D eigenvalue weighted by Gasteiger charge is -2.32. The Morgan fingerprint density at radius 1 is 1.05 bits per heavy atom. The summed E-state index contributed by atoms with van der Waals surface area (Å²) >= 11 is 0. The molecule has 3 aromatic carbocycles. The molecule has 2 aromatic heterocycles. The molecule has 6 rings (SSSR count). The molecule has 1 unspecified atom stereocenters. The molecule has 0 saturated carbocycles. The third-order valence-electron chi connectivity index (χ3n) is 7.56. The van der Waals surface area contributed by atoms with Crippen molar-refractivity contribution in [3.63, 3.8) is 0 Å². The third-order valence-corrected chi connectivity index (χ3v) is 8.81. The van der Waals surface area contributed by atoms with Gasteiger partial charge in [0, 0.05) is 30.9 Å². The van der Waals surface area contributed by atoms with Crippen molar-refractivity contribution >= 4 is 32.0 Å². The molecule has 0 N–H and O–H groups in total. The molecule has 0 aliphatic carbocycles. The van der Waals surface area contributed by atoms with Gasteiger partial charge in [-0.1, -0.05) is 11.3 Å². The smallest absolute Gasteiger partial charge is 0.211 e. The maximum atomic E-state index is 13.5. The lowest BCUT2D eigenvalue weighted by Crippen LogP contribution is -2.36. The first-order valence-electron chi connectivity index (χ1n) is 12.1. The van der Waals surface area contributed by atoms with Gasteiger partial charge >= 0.3 is 0 Å². The minimum Gasteiger partial charge on any atom is -0.248 e. The van der Waals surface area contributed by atoms with E-state index < -0.39 is 15.4 Å². The Morgan fingerprint density at radius 2 is 1.84 bits per heavy atom. The van der Waals surface area contributed by atoms with E-state index in [1.54, 1.807) is 25.8 Å². The lowest BCUT2D eigenvalue weighted by atomic mass is 9.73. The van der Waals surface area contributed by atoms with Gasteiger partial charge in [0.2, 0.25) is 10.0 Å². The van der Waals surface area contributed by atoms with E-state index in [2.05, 4.69) is 40.5 Å². The highest BCUT2D eigenvalue weighted by Gasteiger charge is 2.43. The van der Waals surface area contributed by atoms with E-state index in [0.29, 0.717) is 25.9 Å². The maximum Gasteiger partial charge on any atom is 0.211 e. The fraction of sp³-hybridized carbons (Fsp3) is 0.296. The van der Waals surface area contributed by atoms with Crippen LogP contribution in [0.3, 0.4) is 0 Å². The second-order valence-corrected chi connectivity index (χ2v) is 12.1. The summed E-state index contributed by atoms with van der Waals surface area (Å²) in [6, 6.07) is 16.6. The zero-order valence-electron chi connectivity index (χ0n) is 20.9. The number of aryl methyl sites for hydroxylation is 2. The Balaban J connectivity index is 1.46. The predicted octanol–water partition coefficient (Wildman–Crippen LogP) is 3.90. The predicted molar refractivity (Wildman–Crippen MR) is 141 cm³/mol. The number of aromatic nitrogens is 5. The summed E-state index contributed by atoms with van der Waals surface area (Å²) in [6.45, 7) is 2.94. The monoisotopic (exact) mass is 518 g/mol. The zero-order chi connectivity index (χ0) is 25.9. The Bertz CT molecular complexity index is 1760. The van der Waals surface area contributed by atoms with Crippen molar-refractivity contribution in [1.82, 2.24) is 29.1 Å². The average Bonchev–Trinajstić information content (AvgIpc) is 3.57. The van der Waals surface area contributed by atoms with Crippen molar-refractivity contribution < 1.29 is 12.8 Å². The molecule has 1 atom stereocenters. The van der Waals surface area contributed by atoms with Crippen LogP contribution in [-0.2, 0) is 28.9 Å². The van der Waals surface area contributed by atoms with Crippen molar-refractivity contribution in [2.24, 2.45) is 7.05 Å². The molecule has 0 amide bonds. The van der Waals surface area contributed by atoms with Crippen molar-refractivity contribution in [2.45, 2.75) is 25.2 Å². The summed E-state index contributed by atoms with van der Waals surface area (Å²) in [5.74, 6) is -0.294. The Kier molecular flexibility index (Phi) is 5.43. The molecular weight excluding hydrogens is 491 g/mol. The maximum absolute atomic E-state index is 13.5. The zero-order valence-corrected chi connectivity index (χ0v) is 21.7. The van der Waals surface area contributed by atoms with Gasteiger partial charge in [-0.2, -0.15) is 5.10 Å². The Morgan fingerprint density at radius 3 is 2.57 bits per heavy atom. The summed E-state index contributed by atoms with van der Waals surface area (Å²) < 4.78 is 43.7. The number of nitrogens with zero attached hydrogens (tertiary/aromatic N) is 6. The molecule has 1 aliphatic rings. The van der Waals surface area contributed by atoms with E-state index in [1.165, 1.54) is 18.4 Å². The second kappa shape index (κ2) is 8.46. The first kappa shape index (κ1) is 23.7. The first-order chi connectivity index (χ1) is 17.6. The molecule has 5 aromatic rings. The van der Waals surface area contributed by atoms with Crippen LogP contribution in [0.5, 0.6) is 0 Å². The van der Waals surface area contributed by atoms with Crippen molar-refractivity contribution in [2.75, 3.05) is 19.3 Å². The summed E-state index contributed by atoms with van der Waals surface area (Å²) in [4.78, 5) is 0. The van der Waals surface area contributed by atoms with Crippen LogP contribution >= 0.6 is 0 Å². The van der Waals surface area contributed by atoms with Gasteiger partial charge in [-0.25, -0.2) is 26.5 Å². The minimum absolute atomic E-state index is 0.294. The summed E-state index contributed by atoms with van der Waals surface area (Å²) in [6.07, 6.45) is 4.46. The normalized spacial score (nSPS) is 18.8. The molecule has 0 spiro atoms. The number of hydrogen-bond acceptors (Lipinski definition) is 5. The first-order valence-corrected chi connectivity index (χ1v) is 14.0. The summed E-state index contributed by atoms with van der Waals surface area (Å²) in [5, 5.41) is 13.9. The Hall–Kier alpha value is -3.63. The van der Waals surface area contributed by atoms with E-state index in [-0.39, 0.29) is 5.82 Å². The van der Waals surface area contributed by atoms with Crippen LogP contribution in [0.1, 0.15) is 23.1 Å². The van der Waals surface area contributed by atoms with Gasteiger partial charge in [0.25, 0.3) is 0 Å². The number of benzene rings is 3. The van der Waals surface area contributed by atoms with Crippen molar-refractivity contribution in [3.05, 3.63) is 83.3 Å². The van der Waals surface area contributed by atoms with Crippen molar-refractivity contribution in [1.29, 1.82) is 0 Å². The fourth-order valence-electron chi connectivity index (χ4n) is 5.70. The molecule has 190 valence electrons. The Labute approximate surface area is 214 Å². The number of fused-ring (bicyclic) bond motifs is 2. The fourth-order valence-corrected chi connectivity index (χ4v) is 6.61. The molecule has 8 nitrogen and oxygen atoms in total. The van der Waals surface area contributed by atoms with Crippen LogP contribution in [0.2, 0.25) is 0 Å². The van der Waals surface area contributed by atoms with Crippen LogP contribution in [0, 0.1) is 12.7 Å². The van der Waals surface area contributed by atoms with Crippen molar-refractivity contribution in [3.8, 4) is 5.69 Å². The van der Waals surface area contributed by atoms with E-state index >= 15 is 0 Å². The highest BCUT2D eigenvalue weighted by atomic mass is 32.2. The molecule has 1 saturated heterocycles. The van der Waals surface area contributed by atoms with Crippen LogP contribution < -0.4 is 0 Å². The van der Waals surface area contributed by atoms with E-state index in [9.17, 15) is 12.8 Å². The quantitative estimate of drug-likeness (QED) is 0.352. The number of hydrogen-bond donors (Lipinski definition) is 0. The largest absolute Gasteiger partial charge is 0.248 e. The van der Waals surface area contributed by atoms with Crippen LogP contribution in [0.15, 0.2) is 60.8 Å². The summed E-state index contributed by atoms with van der Waals surface area (Å²) in [5.41, 5.74) is 6.33. The third kappa shape index (κ3) is 4.10. The van der Waals surface area contributed by atoms with Gasteiger partial charge in [0.1, 0.15) is 11.3 Å². The van der Waals surface area contributed by atoms with Crippen LogP contribution in [0.4, 0.5) is 4.39 Å². The molecule has 10 heteroatoms. The molecule has 3 heterocycles. The van der Waals surface area contributed by atoms with Gasteiger partial charge in [0.05, 0.1) is 29.2 Å². The highest BCUT2D eigenvalue weighted by molar-refractivity contribution is 7.88. The van der Waals surface area contributed by atoms with Gasteiger partial charge in [-0.05, 0) is 85.0 Å². The molecule has 0 bridgehead atoms.